The number of carbonyl (C=O) groups is 1. The molecular formula is C17H23BrN4O2. The molecule has 1 atom stereocenters. The van der Waals surface area contributed by atoms with Crippen molar-refractivity contribution >= 4 is 21.8 Å². The maximum Gasteiger partial charge on any atom is 0.220 e. The van der Waals surface area contributed by atoms with Crippen LogP contribution >= 0.6 is 15.9 Å². The number of aryl methyl sites for hydroxylation is 1. The lowest BCUT2D eigenvalue weighted by Gasteiger charge is -2.22. The molecule has 1 aromatic heterocycles. The van der Waals surface area contributed by atoms with E-state index in [0.29, 0.717) is 25.3 Å². The Morgan fingerprint density at radius 1 is 1.33 bits per heavy atom. The van der Waals surface area contributed by atoms with E-state index in [-0.39, 0.29) is 11.9 Å². The molecule has 24 heavy (non-hydrogen) atoms. The van der Waals surface area contributed by atoms with Crippen LogP contribution in [0.15, 0.2) is 35.1 Å². The molecule has 0 radical (unpaired) electrons. The first kappa shape index (κ1) is 18.4. The summed E-state index contributed by atoms with van der Waals surface area (Å²) in [4.78, 5) is 13.9. The molecule has 0 fully saturated rings. The van der Waals surface area contributed by atoms with Gasteiger partial charge in [-0.1, -0.05) is 29.8 Å². The standard InChI is InChI=1S/C17H23BrN4O2/c1-12(2)15(11-22-19-8-9-20-22)21-17(23)7-4-13-10-14(18)5-6-16(13)24-3/h5-6,8-10,12,15H,4,7,11H2,1-3H3,(H,21,23). The second-order valence-corrected chi connectivity index (χ2v) is 6.87. The molecule has 1 aromatic carbocycles. The van der Waals surface area contributed by atoms with Gasteiger partial charge in [0.05, 0.1) is 32.1 Å². The van der Waals surface area contributed by atoms with Crippen LogP contribution in [0.25, 0.3) is 0 Å². The van der Waals surface area contributed by atoms with Crippen molar-refractivity contribution in [2.24, 2.45) is 5.92 Å². The highest BCUT2D eigenvalue weighted by molar-refractivity contribution is 9.10. The predicted octanol–water partition coefficient (Wildman–Crippen LogP) is 2.82. The summed E-state index contributed by atoms with van der Waals surface area (Å²) in [5.41, 5.74) is 1.01. The van der Waals surface area contributed by atoms with E-state index in [1.165, 1.54) is 0 Å². The van der Waals surface area contributed by atoms with E-state index >= 15 is 0 Å². The molecule has 6 nitrogen and oxygen atoms in total. The van der Waals surface area contributed by atoms with Gasteiger partial charge >= 0.3 is 0 Å². The first-order valence-electron chi connectivity index (χ1n) is 7.95. The number of nitrogens with one attached hydrogen (secondary N) is 1. The molecule has 1 unspecified atom stereocenters. The zero-order valence-corrected chi connectivity index (χ0v) is 15.8. The number of hydrogen-bond donors (Lipinski definition) is 1. The van der Waals surface area contributed by atoms with Gasteiger partial charge in [0.25, 0.3) is 0 Å². The predicted molar refractivity (Wildman–Crippen MR) is 95.8 cm³/mol. The maximum atomic E-state index is 12.3. The van der Waals surface area contributed by atoms with Gasteiger partial charge in [-0.3, -0.25) is 4.79 Å². The highest BCUT2D eigenvalue weighted by atomic mass is 79.9. The molecule has 2 rings (SSSR count). The molecule has 1 N–H and O–H groups in total. The second kappa shape index (κ2) is 8.82. The molecule has 1 heterocycles. The second-order valence-electron chi connectivity index (χ2n) is 5.96. The molecule has 0 spiro atoms. The number of halogens is 1. The third-order valence-corrected chi connectivity index (χ3v) is 4.33. The summed E-state index contributed by atoms with van der Waals surface area (Å²) in [7, 11) is 1.64. The van der Waals surface area contributed by atoms with Gasteiger partial charge in [-0.05, 0) is 36.1 Å². The summed E-state index contributed by atoms with van der Waals surface area (Å²) < 4.78 is 6.33. The zero-order valence-electron chi connectivity index (χ0n) is 14.2. The molecular weight excluding hydrogens is 372 g/mol. The summed E-state index contributed by atoms with van der Waals surface area (Å²) in [5.74, 6) is 1.11. The van der Waals surface area contributed by atoms with Gasteiger partial charge in [0.2, 0.25) is 5.91 Å². The van der Waals surface area contributed by atoms with Gasteiger partial charge in [0.15, 0.2) is 0 Å². The third kappa shape index (κ3) is 5.33. The molecule has 0 saturated carbocycles. The molecule has 1 amide bonds. The van der Waals surface area contributed by atoms with E-state index in [1.54, 1.807) is 24.3 Å². The molecule has 130 valence electrons. The van der Waals surface area contributed by atoms with Crippen LogP contribution in [0, 0.1) is 5.92 Å². The van der Waals surface area contributed by atoms with Gasteiger partial charge in [0.1, 0.15) is 5.75 Å². The molecule has 0 bridgehead atoms. The van der Waals surface area contributed by atoms with Crippen LogP contribution in [0.5, 0.6) is 5.75 Å². The number of amides is 1. The summed E-state index contributed by atoms with van der Waals surface area (Å²) in [5, 5.41) is 11.3. The Morgan fingerprint density at radius 2 is 2.04 bits per heavy atom. The fourth-order valence-corrected chi connectivity index (χ4v) is 2.81. The Hall–Kier alpha value is -1.89. The molecule has 0 aliphatic carbocycles. The SMILES string of the molecule is COc1ccc(Br)cc1CCC(=O)NC(Cn1nccn1)C(C)C. The highest BCUT2D eigenvalue weighted by Gasteiger charge is 2.18. The number of benzene rings is 1. The lowest BCUT2D eigenvalue weighted by molar-refractivity contribution is -0.122. The lowest BCUT2D eigenvalue weighted by atomic mass is 10.0. The van der Waals surface area contributed by atoms with Gasteiger partial charge in [-0.25, -0.2) is 0 Å². The number of methoxy groups -OCH3 is 1. The molecule has 0 aliphatic rings. The summed E-state index contributed by atoms with van der Waals surface area (Å²) >= 11 is 3.45. The van der Waals surface area contributed by atoms with Crippen molar-refractivity contribution in [3.8, 4) is 5.75 Å². The van der Waals surface area contributed by atoms with Crippen LogP contribution in [0.2, 0.25) is 0 Å². The smallest absolute Gasteiger partial charge is 0.220 e. The van der Waals surface area contributed by atoms with E-state index < -0.39 is 0 Å². The first-order chi connectivity index (χ1) is 11.5. The quantitative estimate of drug-likeness (QED) is 0.747. The van der Waals surface area contributed by atoms with Gasteiger partial charge in [-0.15, -0.1) is 0 Å². The number of ether oxygens (including phenoxy) is 1. The van der Waals surface area contributed by atoms with Gasteiger partial charge in [0, 0.05) is 10.9 Å². The third-order valence-electron chi connectivity index (χ3n) is 3.84. The first-order valence-corrected chi connectivity index (χ1v) is 8.74. The van der Waals surface area contributed by atoms with E-state index in [2.05, 4.69) is 45.3 Å². The molecule has 7 heteroatoms. The Morgan fingerprint density at radius 3 is 2.67 bits per heavy atom. The zero-order chi connectivity index (χ0) is 17.5. The van der Waals surface area contributed by atoms with Gasteiger partial charge < -0.3 is 10.1 Å². The number of hydrogen-bond acceptors (Lipinski definition) is 4. The summed E-state index contributed by atoms with van der Waals surface area (Å²) in [6.07, 6.45) is 4.30. The number of carbonyl (C=O) groups excluding carboxylic acids is 1. The molecule has 2 aromatic rings. The largest absolute Gasteiger partial charge is 0.496 e. The Balaban J connectivity index is 1.92. The van der Waals surface area contributed by atoms with Crippen molar-refractivity contribution in [1.82, 2.24) is 20.3 Å². The van der Waals surface area contributed by atoms with Crippen LogP contribution in [-0.2, 0) is 17.8 Å². The normalized spacial score (nSPS) is 12.2. The average Bonchev–Trinajstić information content (AvgIpc) is 3.05. The van der Waals surface area contributed by atoms with Crippen molar-refractivity contribution < 1.29 is 9.53 Å². The topological polar surface area (TPSA) is 69.0 Å². The van der Waals surface area contributed by atoms with E-state index in [0.717, 1.165) is 15.8 Å². The lowest BCUT2D eigenvalue weighted by Crippen LogP contribution is -2.42. The highest BCUT2D eigenvalue weighted by Crippen LogP contribution is 2.24. The van der Waals surface area contributed by atoms with Crippen molar-refractivity contribution in [2.45, 2.75) is 39.3 Å². The fourth-order valence-electron chi connectivity index (χ4n) is 2.41. The minimum Gasteiger partial charge on any atom is -0.496 e. The van der Waals surface area contributed by atoms with E-state index in [9.17, 15) is 4.79 Å². The van der Waals surface area contributed by atoms with Gasteiger partial charge in [-0.2, -0.15) is 15.0 Å². The monoisotopic (exact) mass is 394 g/mol. The van der Waals surface area contributed by atoms with Crippen LogP contribution in [0.3, 0.4) is 0 Å². The number of aromatic nitrogens is 3. The van der Waals surface area contributed by atoms with E-state index in [4.69, 9.17) is 4.74 Å². The average molecular weight is 395 g/mol. The van der Waals surface area contributed by atoms with Crippen molar-refractivity contribution in [1.29, 1.82) is 0 Å². The minimum atomic E-state index is -0.00527. The number of nitrogens with zero attached hydrogens (tertiary/aromatic N) is 3. The Labute approximate surface area is 150 Å². The molecule has 0 aliphatic heterocycles. The maximum absolute atomic E-state index is 12.3. The van der Waals surface area contributed by atoms with Crippen molar-refractivity contribution in [2.75, 3.05) is 7.11 Å². The Bertz CT molecular complexity index is 659. The summed E-state index contributed by atoms with van der Waals surface area (Å²) in [6, 6.07) is 5.81. The minimum absolute atomic E-state index is 0.00527. The van der Waals surface area contributed by atoms with Crippen LogP contribution in [0.1, 0.15) is 25.8 Å². The van der Waals surface area contributed by atoms with Crippen molar-refractivity contribution in [3.63, 3.8) is 0 Å². The number of rotatable bonds is 8. The van der Waals surface area contributed by atoms with Crippen molar-refractivity contribution in [3.05, 3.63) is 40.6 Å². The van der Waals surface area contributed by atoms with Crippen LogP contribution in [-0.4, -0.2) is 34.1 Å². The molecule has 0 saturated heterocycles. The van der Waals surface area contributed by atoms with Crippen LogP contribution < -0.4 is 10.1 Å². The summed E-state index contributed by atoms with van der Waals surface area (Å²) in [6.45, 7) is 4.72. The van der Waals surface area contributed by atoms with Crippen LogP contribution in [0.4, 0.5) is 0 Å². The van der Waals surface area contributed by atoms with E-state index in [1.807, 2.05) is 18.2 Å². The Kier molecular flexibility index (Phi) is 6.78. The fraction of sp³-hybridized carbons (Fsp3) is 0.471.